The van der Waals surface area contributed by atoms with E-state index >= 15 is 0 Å². The molecule has 0 atom stereocenters. The predicted octanol–water partition coefficient (Wildman–Crippen LogP) is 4.55. The maximum absolute atomic E-state index is 11.9. The number of thiophene rings is 1. The molecule has 102 valence electrons. The molecule has 20 heavy (non-hydrogen) atoms. The summed E-state index contributed by atoms with van der Waals surface area (Å²) in [7, 11) is 0. The van der Waals surface area contributed by atoms with Gasteiger partial charge in [-0.15, -0.1) is 11.3 Å². The monoisotopic (exact) mass is 284 g/mol. The van der Waals surface area contributed by atoms with Crippen LogP contribution in [0.15, 0.2) is 42.5 Å². The number of aldehydes is 1. The van der Waals surface area contributed by atoms with E-state index in [0.29, 0.717) is 16.9 Å². The lowest BCUT2D eigenvalue weighted by molar-refractivity contribution is 0.103. The van der Waals surface area contributed by atoms with Crippen LogP contribution in [0.25, 0.3) is 10.4 Å². The van der Waals surface area contributed by atoms with E-state index in [1.54, 1.807) is 6.07 Å². The Bertz CT molecular complexity index is 680. The van der Waals surface area contributed by atoms with Gasteiger partial charge >= 0.3 is 0 Å². The Morgan fingerprint density at radius 2 is 1.95 bits per heavy atom. The molecule has 3 heteroatoms. The van der Waals surface area contributed by atoms with E-state index in [4.69, 9.17) is 0 Å². The topological polar surface area (TPSA) is 34.1 Å². The predicted molar refractivity (Wildman–Crippen MR) is 83.7 cm³/mol. The van der Waals surface area contributed by atoms with Gasteiger partial charge < -0.3 is 0 Å². The van der Waals surface area contributed by atoms with Gasteiger partial charge in [0.2, 0.25) is 0 Å². The number of benzene rings is 1. The van der Waals surface area contributed by atoms with Gasteiger partial charge in [-0.2, -0.15) is 0 Å². The Morgan fingerprint density at radius 3 is 2.60 bits per heavy atom. The molecular weight excluding hydrogens is 268 g/mol. The summed E-state index contributed by atoms with van der Waals surface area (Å²) >= 11 is 1.43. The van der Waals surface area contributed by atoms with Crippen molar-refractivity contribution in [2.24, 2.45) is 0 Å². The van der Waals surface area contributed by atoms with Crippen LogP contribution in [0.4, 0.5) is 0 Å². The molecule has 2 nitrogen and oxygen atoms in total. The van der Waals surface area contributed by atoms with E-state index in [2.05, 4.69) is 6.58 Å². The zero-order valence-electron chi connectivity index (χ0n) is 11.6. The summed E-state index contributed by atoms with van der Waals surface area (Å²) in [4.78, 5) is 24.3. The minimum absolute atomic E-state index is 0.0408. The fourth-order valence-corrected chi connectivity index (χ4v) is 2.99. The molecule has 1 heterocycles. The van der Waals surface area contributed by atoms with Crippen LogP contribution in [0, 0.1) is 0 Å². The number of hydrogen-bond donors (Lipinski definition) is 0. The first-order chi connectivity index (χ1) is 9.69. The van der Waals surface area contributed by atoms with E-state index < -0.39 is 0 Å². The maximum Gasteiger partial charge on any atom is 0.189 e. The van der Waals surface area contributed by atoms with Crippen LogP contribution in [0.1, 0.15) is 39.4 Å². The highest BCUT2D eigenvalue weighted by Gasteiger charge is 2.23. The van der Waals surface area contributed by atoms with Gasteiger partial charge in [-0.25, -0.2) is 0 Å². The van der Waals surface area contributed by atoms with Crippen molar-refractivity contribution in [1.82, 2.24) is 0 Å². The highest BCUT2D eigenvalue weighted by Crippen LogP contribution is 2.32. The molecule has 2 aromatic rings. The van der Waals surface area contributed by atoms with Crippen LogP contribution in [0.3, 0.4) is 0 Å². The molecule has 0 unspecified atom stereocenters. The molecule has 0 radical (unpaired) electrons. The van der Waals surface area contributed by atoms with Crippen molar-refractivity contribution in [1.29, 1.82) is 0 Å². The van der Waals surface area contributed by atoms with Crippen molar-refractivity contribution in [3.05, 3.63) is 58.5 Å². The lowest BCUT2D eigenvalue weighted by Gasteiger charge is -2.01. The first kappa shape index (κ1) is 14.4. The molecule has 0 saturated heterocycles. The zero-order valence-corrected chi connectivity index (χ0v) is 12.4. The number of allylic oxidation sites excluding steroid dienone is 1. The third-order valence-electron chi connectivity index (χ3n) is 3.11. The highest BCUT2D eigenvalue weighted by atomic mass is 32.1. The van der Waals surface area contributed by atoms with E-state index in [-0.39, 0.29) is 5.78 Å². The van der Waals surface area contributed by atoms with E-state index in [1.807, 2.05) is 38.1 Å². The van der Waals surface area contributed by atoms with Crippen molar-refractivity contribution < 1.29 is 9.59 Å². The molecule has 0 fully saturated rings. The van der Waals surface area contributed by atoms with E-state index in [9.17, 15) is 9.59 Å². The number of carbonyl (C=O) groups excluding carboxylic acids is 2. The molecule has 0 bridgehead atoms. The third-order valence-corrected chi connectivity index (χ3v) is 4.17. The molecule has 0 amide bonds. The summed E-state index contributed by atoms with van der Waals surface area (Å²) in [6.07, 6.45) is 1.49. The first-order valence-electron chi connectivity index (χ1n) is 6.60. The lowest BCUT2D eigenvalue weighted by atomic mass is 10.1. The van der Waals surface area contributed by atoms with E-state index in [1.165, 1.54) is 11.3 Å². The summed E-state index contributed by atoms with van der Waals surface area (Å²) < 4.78 is 0. The standard InChI is InChI=1S/C15H10O2S.C2H6/c1-9-6-10-2-3-11(7-13(10)15(9)17)14-5-4-12(8-16)18-14;1-2/h2-5,7-8H,1,6H2;1-2H3. The van der Waals surface area contributed by atoms with Crippen LogP contribution in [0.2, 0.25) is 0 Å². The van der Waals surface area contributed by atoms with Crippen LogP contribution in [-0.4, -0.2) is 12.1 Å². The summed E-state index contributed by atoms with van der Waals surface area (Å²) in [6, 6.07) is 9.56. The van der Waals surface area contributed by atoms with Gasteiger partial charge in [0.05, 0.1) is 4.88 Å². The van der Waals surface area contributed by atoms with Crippen LogP contribution >= 0.6 is 11.3 Å². The Morgan fingerprint density at radius 1 is 1.20 bits per heavy atom. The summed E-state index contributed by atoms with van der Waals surface area (Å²) in [5.41, 5.74) is 3.43. The number of fused-ring (bicyclic) bond motifs is 1. The van der Waals surface area contributed by atoms with Crippen molar-refractivity contribution >= 4 is 23.4 Å². The quantitative estimate of drug-likeness (QED) is 0.599. The summed E-state index contributed by atoms with van der Waals surface area (Å²) in [6.45, 7) is 7.78. The number of hydrogen-bond acceptors (Lipinski definition) is 3. The Balaban J connectivity index is 0.000000704. The largest absolute Gasteiger partial charge is 0.297 e. The maximum atomic E-state index is 11.9. The second kappa shape index (κ2) is 5.97. The van der Waals surface area contributed by atoms with Crippen molar-refractivity contribution in [3.8, 4) is 10.4 Å². The van der Waals surface area contributed by atoms with Crippen molar-refractivity contribution in [3.63, 3.8) is 0 Å². The molecule has 1 aromatic carbocycles. The summed E-state index contributed by atoms with van der Waals surface area (Å²) in [5, 5.41) is 0. The molecule has 0 N–H and O–H groups in total. The fraction of sp³-hybridized carbons (Fsp3) is 0.176. The highest BCUT2D eigenvalue weighted by molar-refractivity contribution is 7.17. The Labute approximate surface area is 122 Å². The molecule has 1 aromatic heterocycles. The smallest absolute Gasteiger partial charge is 0.189 e. The van der Waals surface area contributed by atoms with Gasteiger partial charge in [-0.1, -0.05) is 32.6 Å². The second-order valence-corrected chi connectivity index (χ2v) is 5.42. The van der Waals surface area contributed by atoms with Gasteiger partial charge in [0, 0.05) is 16.9 Å². The number of rotatable bonds is 2. The van der Waals surface area contributed by atoms with Crippen LogP contribution < -0.4 is 0 Å². The number of ketones is 1. The molecule has 0 spiro atoms. The van der Waals surface area contributed by atoms with Gasteiger partial charge in [0.1, 0.15) is 0 Å². The third kappa shape index (κ3) is 2.49. The SMILES string of the molecule is C=C1Cc2ccc(-c3ccc(C=O)s3)cc2C1=O.CC. The average Bonchev–Trinajstić information content (AvgIpc) is 3.07. The molecular formula is C17H16O2S. The minimum atomic E-state index is 0.0408. The van der Waals surface area contributed by atoms with Crippen LogP contribution in [0.5, 0.6) is 0 Å². The number of Topliss-reactive ketones (excluding diaryl/α,β-unsaturated/α-hetero) is 1. The van der Waals surface area contributed by atoms with Gasteiger partial charge in [-0.3, -0.25) is 9.59 Å². The van der Waals surface area contributed by atoms with Crippen LogP contribution in [-0.2, 0) is 6.42 Å². The van der Waals surface area contributed by atoms with Crippen molar-refractivity contribution in [2.45, 2.75) is 20.3 Å². The van der Waals surface area contributed by atoms with E-state index in [0.717, 1.165) is 27.9 Å². The fourth-order valence-electron chi connectivity index (χ4n) is 2.17. The van der Waals surface area contributed by atoms with Gasteiger partial charge in [0.15, 0.2) is 12.1 Å². The minimum Gasteiger partial charge on any atom is -0.297 e. The summed E-state index contributed by atoms with van der Waals surface area (Å²) in [5.74, 6) is 0.0408. The molecule has 0 saturated carbocycles. The average molecular weight is 284 g/mol. The molecule has 1 aliphatic carbocycles. The number of carbonyl (C=O) groups is 2. The first-order valence-corrected chi connectivity index (χ1v) is 7.41. The Hall–Kier alpha value is -2.00. The molecule has 0 aliphatic heterocycles. The van der Waals surface area contributed by atoms with Crippen molar-refractivity contribution in [2.75, 3.05) is 0 Å². The Kier molecular flexibility index (Phi) is 4.30. The normalized spacial score (nSPS) is 12.7. The van der Waals surface area contributed by atoms with Gasteiger partial charge in [-0.05, 0) is 34.9 Å². The molecule has 1 aliphatic rings. The van der Waals surface area contributed by atoms with Gasteiger partial charge in [0.25, 0.3) is 0 Å². The zero-order chi connectivity index (χ0) is 14.7. The lowest BCUT2D eigenvalue weighted by Crippen LogP contribution is -1.93. The second-order valence-electron chi connectivity index (χ2n) is 4.30. The molecule has 3 rings (SSSR count).